The predicted octanol–water partition coefficient (Wildman–Crippen LogP) is 0.442. The lowest BCUT2D eigenvalue weighted by atomic mass is 10.2. The normalized spacial score (nSPS) is 20.6. The Morgan fingerprint density at radius 2 is 2.00 bits per heavy atom. The standard InChI is InChI=1S/C18H27N3O5S/c1-2-27(23,24)21-14-17(26-16-7-4-3-6-15(16)21)18(22)19-8-5-9-20-10-12-25-13-11-20/h3-4,6-7,17H,2,5,8-14H2,1H3,(H,19,22). The number of para-hydroxylation sites is 2. The van der Waals surface area contributed by atoms with E-state index in [2.05, 4.69) is 10.2 Å². The smallest absolute Gasteiger partial charge is 0.263 e. The molecule has 2 heterocycles. The molecule has 0 aliphatic carbocycles. The molecule has 1 aromatic carbocycles. The van der Waals surface area contributed by atoms with E-state index in [1.807, 2.05) is 0 Å². The Labute approximate surface area is 160 Å². The second-order valence-corrected chi connectivity index (χ2v) is 8.79. The van der Waals surface area contributed by atoms with E-state index in [9.17, 15) is 13.2 Å². The lowest BCUT2D eigenvalue weighted by molar-refractivity contribution is -0.127. The van der Waals surface area contributed by atoms with Crippen LogP contribution < -0.4 is 14.4 Å². The third-order valence-electron chi connectivity index (χ3n) is 4.78. The van der Waals surface area contributed by atoms with Gasteiger partial charge in [0, 0.05) is 19.6 Å². The van der Waals surface area contributed by atoms with Gasteiger partial charge in [0.1, 0.15) is 5.75 Å². The van der Waals surface area contributed by atoms with Crippen molar-refractivity contribution < 1.29 is 22.7 Å². The molecule has 27 heavy (non-hydrogen) atoms. The maximum atomic E-state index is 12.5. The minimum atomic E-state index is -3.49. The number of nitrogens with zero attached hydrogens (tertiary/aromatic N) is 2. The van der Waals surface area contributed by atoms with Crippen molar-refractivity contribution in [3.63, 3.8) is 0 Å². The van der Waals surface area contributed by atoms with Crippen LogP contribution in [0.4, 0.5) is 5.69 Å². The minimum absolute atomic E-state index is 0.0114. The molecule has 0 spiro atoms. The van der Waals surface area contributed by atoms with E-state index in [0.717, 1.165) is 39.3 Å². The SMILES string of the molecule is CCS(=O)(=O)N1CC(C(=O)NCCCN2CCOCC2)Oc2ccccc21. The van der Waals surface area contributed by atoms with E-state index in [-0.39, 0.29) is 18.2 Å². The number of amides is 1. The molecule has 3 rings (SSSR count). The zero-order valence-corrected chi connectivity index (χ0v) is 16.4. The highest BCUT2D eigenvalue weighted by Gasteiger charge is 2.35. The van der Waals surface area contributed by atoms with Crippen LogP contribution in [0.15, 0.2) is 24.3 Å². The summed E-state index contributed by atoms with van der Waals surface area (Å²) in [4.78, 5) is 14.8. The fourth-order valence-electron chi connectivity index (χ4n) is 3.21. The minimum Gasteiger partial charge on any atom is -0.476 e. The Hall–Kier alpha value is -1.84. The molecule has 1 aromatic rings. The van der Waals surface area contributed by atoms with Crippen molar-refractivity contribution in [1.82, 2.24) is 10.2 Å². The van der Waals surface area contributed by atoms with E-state index in [1.54, 1.807) is 31.2 Å². The highest BCUT2D eigenvalue weighted by molar-refractivity contribution is 7.92. The summed E-state index contributed by atoms with van der Waals surface area (Å²) in [6.07, 6.45) is -0.0314. The van der Waals surface area contributed by atoms with Crippen LogP contribution in [-0.2, 0) is 19.6 Å². The molecule has 0 aromatic heterocycles. The van der Waals surface area contributed by atoms with Gasteiger partial charge < -0.3 is 14.8 Å². The lowest BCUT2D eigenvalue weighted by Gasteiger charge is -2.34. The van der Waals surface area contributed by atoms with Gasteiger partial charge in [0.25, 0.3) is 5.91 Å². The summed E-state index contributed by atoms with van der Waals surface area (Å²) >= 11 is 0. The molecule has 1 saturated heterocycles. The summed E-state index contributed by atoms with van der Waals surface area (Å²) in [6.45, 7) is 6.34. The van der Waals surface area contributed by atoms with Crippen molar-refractivity contribution >= 4 is 21.6 Å². The van der Waals surface area contributed by atoms with Crippen LogP contribution in [0.2, 0.25) is 0 Å². The maximum Gasteiger partial charge on any atom is 0.263 e. The Morgan fingerprint density at radius 1 is 1.26 bits per heavy atom. The molecule has 0 saturated carbocycles. The van der Waals surface area contributed by atoms with E-state index in [1.165, 1.54) is 4.31 Å². The first kappa shape index (κ1) is 19.9. The number of nitrogens with one attached hydrogen (secondary N) is 1. The molecule has 0 radical (unpaired) electrons. The molecular formula is C18H27N3O5S. The van der Waals surface area contributed by atoms with Gasteiger partial charge in [-0.3, -0.25) is 14.0 Å². The van der Waals surface area contributed by atoms with Crippen LogP contribution in [0.25, 0.3) is 0 Å². The number of rotatable bonds is 7. The topological polar surface area (TPSA) is 88.2 Å². The molecular weight excluding hydrogens is 370 g/mol. The first-order chi connectivity index (χ1) is 13.0. The van der Waals surface area contributed by atoms with Crippen molar-refractivity contribution in [2.45, 2.75) is 19.4 Å². The number of hydrogen-bond acceptors (Lipinski definition) is 6. The van der Waals surface area contributed by atoms with Gasteiger partial charge >= 0.3 is 0 Å². The molecule has 9 heteroatoms. The number of benzene rings is 1. The molecule has 1 atom stereocenters. The van der Waals surface area contributed by atoms with Gasteiger partial charge in [-0.15, -0.1) is 0 Å². The summed E-state index contributed by atoms with van der Waals surface area (Å²) in [5.74, 6) is 0.0897. The van der Waals surface area contributed by atoms with Crippen molar-refractivity contribution in [3.8, 4) is 5.75 Å². The van der Waals surface area contributed by atoms with Crippen LogP contribution in [0.5, 0.6) is 5.75 Å². The fourth-order valence-corrected chi connectivity index (χ4v) is 4.34. The third-order valence-corrected chi connectivity index (χ3v) is 6.53. The van der Waals surface area contributed by atoms with E-state index < -0.39 is 16.1 Å². The molecule has 1 fully saturated rings. The second-order valence-electron chi connectivity index (χ2n) is 6.60. The molecule has 0 bridgehead atoms. The predicted molar refractivity (Wildman–Crippen MR) is 103 cm³/mol. The number of carbonyl (C=O) groups excluding carboxylic acids is 1. The molecule has 1 amide bonds. The van der Waals surface area contributed by atoms with Crippen LogP contribution >= 0.6 is 0 Å². The first-order valence-corrected chi connectivity index (χ1v) is 11.0. The molecule has 2 aliphatic heterocycles. The van der Waals surface area contributed by atoms with Crippen LogP contribution in [-0.4, -0.2) is 77.0 Å². The maximum absolute atomic E-state index is 12.5. The Morgan fingerprint density at radius 3 is 2.74 bits per heavy atom. The molecule has 150 valence electrons. The number of sulfonamides is 1. The molecule has 1 N–H and O–H groups in total. The van der Waals surface area contributed by atoms with E-state index in [4.69, 9.17) is 9.47 Å². The van der Waals surface area contributed by atoms with E-state index in [0.29, 0.717) is 18.0 Å². The number of anilines is 1. The van der Waals surface area contributed by atoms with Gasteiger partial charge in [0.15, 0.2) is 6.10 Å². The summed E-state index contributed by atoms with van der Waals surface area (Å²) in [7, 11) is -3.49. The van der Waals surface area contributed by atoms with Crippen LogP contribution in [0.1, 0.15) is 13.3 Å². The van der Waals surface area contributed by atoms with Crippen molar-refractivity contribution in [1.29, 1.82) is 0 Å². The zero-order valence-electron chi connectivity index (χ0n) is 15.6. The third kappa shape index (κ3) is 4.91. The average Bonchev–Trinajstić information content (AvgIpc) is 2.71. The van der Waals surface area contributed by atoms with Crippen molar-refractivity contribution in [2.75, 3.05) is 56.0 Å². The van der Waals surface area contributed by atoms with Gasteiger partial charge in [0.05, 0.1) is 31.2 Å². The van der Waals surface area contributed by atoms with Gasteiger partial charge in [-0.05, 0) is 32.0 Å². The van der Waals surface area contributed by atoms with E-state index >= 15 is 0 Å². The Kier molecular flexibility index (Phi) is 6.56. The number of morpholine rings is 1. The summed E-state index contributed by atoms with van der Waals surface area (Å²) in [6, 6.07) is 6.90. The summed E-state index contributed by atoms with van der Waals surface area (Å²) in [5.41, 5.74) is 0.482. The van der Waals surface area contributed by atoms with Gasteiger partial charge in [-0.2, -0.15) is 0 Å². The largest absolute Gasteiger partial charge is 0.476 e. The van der Waals surface area contributed by atoms with Gasteiger partial charge in [-0.25, -0.2) is 8.42 Å². The summed E-state index contributed by atoms with van der Waals surface area (Å²) in [5, 5.41) is 2.87. The highest BCUT2D eigenvalue weighted by atomic mass is 32.2. The fraction of sp³-hybridized carbons (Fsp3) is 0.611. The number of fused-ring (bicyclic) bond motifs is 1. The van der Waals surface area contributed by atoms with Gasteiger partial charge in [-0.1, -0.05) is 12.1 Å². The monoisotopic (exact) mass is 397 g/mol. The van der Waals surface area contributed by atoms with Gasteiger partial charge in [0.2, 0.25) is 10.0 Å². The second kappa shape index (κ2) is 8.90. The quantitative estimate of drug-likeness (QED) is 0.672. The van der Waals surface area contributed by atoms with Crippen LogP contribution in [0.3, 0.4) is 0 Å². The van der Waals surface area contributed by atoms with Crippen LogP contribution in [0, 0.1) is 0 Å². The zero-order chi connectivity index (χ0) is 19.3. The molecule has 8 nitrogen and oxygen atoms in total. The highest BCUT2D eigenvalue weighted by Crippen LogP contribution is 2.34. The van der Waals surface area contributed by atoms with Crippen molar-refractivity contribution in [3.05, 3.63) is 24.3 Å². The Bertz CT molecular complexity index is 749. The Balaban J connectivity index is 1.57. The number of hydrogen-bond donors (Lipinski definition) is 1. The lowest BCUT2D eigenvalue weighted by Crippen LogP contribution is -2.51. The summed E-state index contributed by atoms with van der Waals surface area (Å²) < 4.78 is 37.3. The first-order valence-electron chi connectivity index (χ1n) is 9.35. The molecule has 1 unspecified atom stereocenters. The number of ether oxygens (including phenoxy) is 2. The van der Waals surface area contributed by atoms with Crippen molar-refractivity contribution in [2.24, 2.45) is 0 Å². The number of carbonyl (C=O) groups is 1. The average molecular weight is 397 g/mol. The molecule has 2 aliphatic rings.